The fourth-order valence-corrected chi connectivity index (χ4v) is 2.29. The zero-order valence-corrected chi connectivity index (χ0v) is 11.5. The van der Waals surface area contributed by atoms with E-state index in [2.05, 4.69) is 10.3 Å². The summed E-state index contributed by atoms with van der Waals surface area (Å²) in [7, 11) is 0. The lowest BCUT2D eigenvalue weighted by Gasteiger charge is -2.10. The van der Waals surface area contributed by atoms with E-state index in [-0.39, 0.29) is 11.7 Å². The first kappa shape index (κ1) is 13.1. The third-order valence-corrected chi connectivity index (χ3v) is 3.48. The molecule has 21 heavy (non-hydrogen) atoms. The van der Waals surface area contributed by atoms with Gasteiger partial charge in [0.2, 0.25) is 0 Å². The molecule has 0 fully saturated rings. The topological polar surface area (TPSA) is 62.2 Å². The van der Waals surface area contributed by atoms with Crippen LogP contribution in [0, 0.1) is 6.92 Å². The summed E-state index contributed by atoms with van der Waals surface area (Å²) in [6, 6.07) is 12.4. The molecular weight excluding hydrogens is 264 g/mol. The third kappa shape index (κ3) is 2.43. The number of phenols is 1. The zero-order valence-electron chi connectivity index (χ0n) is 11.5. The van der Waals surface area contributed by atoms with Crippen LogP contribution in [0.15, 0.2) is 54.9 Å². The number of aromatic hydroxyl groups is 1. The van der Waals surface area contributed by atoms with E-state index in [1.807, 2.05) is 24.3 Å². The number of fused-ring (bicyclic) bond motifs is 1. The highest BCUT2D eigenvalue weighted by molar-refractivity contribution is 6.09. The number of benzene rings is 2. The van der Waals surface area contributed by atoms with Crippen molar-refractivity contribution in [2.75, 3.05) is 5.32 Å². The van der Waals surface area contributed by atoms with Gasteiger partial charge < -0.3 is 10.4 Å². The van der Waals surface area contributed by atoms with Crippen molar-refractivity contribution in [3.05, 3.63) is 66.0 Å². The maximum absolute atomic E-state index is 12.4. The minimum absolute atomic E-state index is 0.116. The highest BCUT2D eigenvalue weighted by Gasteiger charge is 2.12. The van der Waals surface area contributed by atoms with E-state index >= 15 is 0 Å². The smallest absolute Gasteiger partial charge is 0.256 e. The van der Waals surface area contributed by atoms with Crippen LogP contribution in [-0.4, -0.2) is 16.0 Å². The van der Waals surface area contributed by atoms with E-state index in [9.17, 15) is 9.90 Å². The van der Waals surface area contributed by atoms with Gasteiger partial charge in [-0.25, -0.2) is 0 Å². The Hall–Kier alpha value is -2.88. The van der Waals surface area contributed by atoms with Crippen molar-refractivity contribution in [3.8, 4) is 5.75 Å². The molecule has 1 heterocycles. The van der Waals surface area contributed by atoms with Gasteiger partial charge in [-0.15, -0.1) is 0 Å². The lowest BCUT2D eigenvalue weighted by atomic mass is 10.1. The molecule has 3 aromatic rings. The van der Waals surface area contributed by atoms with Crippen LogP contribution in [-0.2, 0) is 0 Å². The first-order valence-corrected chi connectivity index (χ1v) is 6.59. The molecule has 2 aromatic carbocycles. The van der Waals surface area contributed by atoms with E-state index in [0.29, 0.717) is 11.1 Å². The molecule has 1 amide bonds. The Morgan fingerprint density at radius 3 is 2.81 bits per heavy atom. The molecule has 0 spiro atoms. The fourth-order valence-electron chi connectivity index (χ4n) is 2.29. The largest absolute Gasteiger partial charge is 0.508 e. The number of carbonyl (C=O) groups is 1. The molecule has 104 valence electrons. The Bertz CT molecular complexity index is 823. The third-order valence-electron chi connectivity index (χ3n) is 3.48. The standard InChI is InChI=1S/C17H14N2O2/c1-11-13(5-3-7-16(11)20)17(21)19-15-6-2-4-12-10-18-9-8-14(12)15/h2-10,20H,1H3,(H,19,21). The molecule has 4 heteroatoms. The monoisotopic (exact) mass is 278 g/mol. The predicted molar refractivity (Wildman–Crippen MR) is 82.5 cm³/mol. The van der Waals surface area contributed by atoms with Crippen molar-refractivity contribution >= 4 is 22.4 Å². The van der Waals surface area contributed by atoms with Crippen LogP contribution >= 0.6 is 0 Å². The van der Waals surface area contributed by atoms with Crippen LogP contribution in [0.5, 0.6) is 5.75 Å². The first-order chi connectivity index (χ1) is 10.2. The zero-order chi connectivity index (χ0) is 14.8. The van der Waals surface area contributed by atoms with Gasteiger partial charge in [-0.3, -0.25) is 9.78 Å². The number of hydrogen-bond donors (Lipinski definition) is 2. The quantitative estimate of drug-likeness (QED) is 0.754. The lowest BCUT2D eigenvalue weighted by molar-refractivity contribution is 0.102. The summed E-state index contributed by atoms with van der Waals surface area (Å²) in [6.45, 7) is 1.72. The Balaban J connectivity index is 1.99. The van der Waals surface area contributed by atoms with Crippen molar-refractivity contribution < 1.29 is 9.90 Å². The maximum atomic E-state index is 12.4. The number of phenolic OH excluding ortho intramolecular Hbond substituents is 1. The van der Waals surface area contributed by atoms with Gasteiger partial charge in [-0.1, -0.05) is 18.2 Å². The number of anilines is 1. The average molecular weight is 278 g/mol. The van der Waals surface area contributed by atoms with E-state index in [1.54, 1.807) is 37.5 Å². The lowest BCUT2D eigenvalue weighted by Crippen LogP contribution is -2.13. The summed E-state index contributed by atoms with van der Waals surface area (Å²) >= 11 is 0. The molecule has 0 unspecified atom stereocenters. The molecular formula is C17H14N2O2. The Labute approximate surface area is 122 Å². The van der Waals surface area contributed by atoms with Crippen LogP contribution in [0.1, 0.15) is 15.9 Å². The van der Waals surface area contributed by atoms with E-state index in [0.717, 1.165) is 16.5 Å². The molecule has 0 bridgehead atoms. The van der Waals surface area contributed by atoms with Crippen LogP contribution in [0.2, 0.25) is 0 Å². The SMILES string of the molecule is Cc1c(O)cccc1C(=O)Nc1cccc2cnccc12. The molecule has 1 aromatic heterocycles. The molecule has 0 aliphatic carbocycles. The molecule has 0 aliphatic rings. The molecule has 2 N–H and O–H groups in total. The van der Waals surface area contributed by atoms with E-state index in [4.69, 9.17) is 0 Å². The van der Waals surface area contributed by atoms with Crippen LogP contribution < -0.4 is 5.32 Å². The average Bonchev–Trinajstić information content (AvgIpc) is 2.50. The maximum Gasteiger partial charge on any atom is 0.256 e. The minimum Gasteiger partial charge on any atom is -0.508 e. The fraction of sp³-hybridized carbons (Fsp3) is 0.0588. The Morgan fingerprint density at radius 1 is 1.14 bits per heavy atom. The number of pyridine rings is 1. The van der Waals surface area contributed by atoms with Crippen molar-refractivity contribution in [1.29, 1.82) is 0 Å². The Morgan fingerprint density at radius 2 is 1.95 bits per heavy atom. The summed E-state index contributed by atoms with van der Waals surface area (Å²) < 4.78 is 0. The molecule has 0 saturated carbocycles. The molecule has 0 aliphatic heterocycles. The molecule has 0 saturated heterocycles. The number of aromatic nitrogens is 1. The first-order valence-electron chi connectivity index (χ1n) is 6.59. The summed E-state index contributed by atoms with van der Waals surface area (Å²) in [5, 5.41) is 14.5. The number of carbonyl (C=O) groups excluding carboxylic acids is 1. The van der Waals surface area contributed by atoms with Gasteiger partial charge in [0.25, 0.3) is 5.91 Å². The highest BCUT2D eigenvalue weighted by Crippen LogP contribution is 2.24. The predicted octanol–water partition coefficient (Wildman–Crippen LogP) is 3.50. The van der Waals surface area contributed by atoms with Gasteiger partial charge in [0.15, 0.2) is 0 Å². The Kier molecular flexibility index (Phi) is 3.28. The van der Waals surface area contributed by atoms with Crippen molar-refractivity contribution in [3.63, 3.8) is 0 Å². The van der Waals surface area contributed by atoms with Crippen LogP contribution in [0.25, 0.3) is 10.8 Å². The summed E-state index contributed by atoms with van der Waals surface area (Å²) in [6.07, 6.45) is 3.45. The number of nitrogens with one attached hydrogen (secondary N) is 1. The second-order valence-corrected chi connectivity index (χ2v) is 4.81. The van der Waals surface area contributed by atoms with Gasteiger partial charge >= 0.3 is 0 Å². The number of hydrogen-bond acceptors (Lipinski definition) is 3. The van der Waals surface area contributed by atoms with Crippen LogP contribution in [0.4, 0.5) is 5.69 Å². The summed E-state index contributed by atoms with van der Waals surface area (Å²) in [5.41, 5.74) is 1.75. The van der Waals surface area contributed by atoms with Crippen molar-refractivity contribution in [2.24, 2.45) is 0 Å². The van der Waals surface area contributed by atoms with Crippen molar-refractivity contribution in [2.45, 2.75) is 6.92 Å². The van der Waals surface area contributed by atoms with Gasteiger partial charge in [0, 0.05) is 40.0 Å². The molecule has 0 radical (unpaired) electrons. The molecule has 4 nitrogen and oxygen atoms in total. The van der Waals surface area contributed by atoms with Gasteiger partial charge in [0.1, 0.15) is 5.75 Å². The second kappa shape index (κ2) is 5.25. The van der Waals surface area contributed by atoms with E-state index < -0.39 is 0 Å². The van der Waals surface area contributed by atoms with Crippen LogP contribution in [0.3, 0.4) is 0 Å². The molecule has 3 rings (SSSR count). The second-order valence-electron chi connectivity index (χ2n) is 4.81. The van der Waals surface area contributed by atoms with Gasteiger partial charge in [-0.05, 0) is 31.2 Å². The van der Waals surface area contributed by atoms with Gasteiger partial charge in [-0.2, -0.15) is 0 Å². The van der Waals surface area contributed by atoms with E-state index in [1.165, 1.54) is 0 Å². The minimum atomic E-state index is -0.243. The van der Waals surface area contributed by atoms with Crippen molar-refractivity contribution in [1.82, 2.24) is 4.98 Å². The number of amides is 1. The normalized spacial score (nSPS) is 10.5. The van der Waals surface area contributed by atoms with Gasteiger partial charge in [0.05, 0.1) is 0 Å². The number of rotatable bonds is 2. The highest BCUT2D eigenvalue weighted by atomic mass is 16.3. The summed E-state index contributed by atoms with van der Waals surface area (Å²) in [4.78, 5) is 16.5. The number of nitrogens with zero attached hydrogens (tertiary/aromatic N) is 1. The summed E-state index contributed by atoms with van der Waals surface area (Å²) in [5.74, 6) is -0.127. The molecule has 0 atom stereocenters.